The maximum atomic E-state index is 12.0. The summed E-state index contributed by atoms with van der Waals surface area (Å²) in [7, 11) is -0.933. The van der Waals surface area contributed by atoms with Gasteiger partial charge in [-0.05, 0) is 6.07 Å². The van der Waals surface area contributed by atoms with Crippen molar-refractivity contribution in [1.29, 1.82) is 0 Å². The summed E-state index contributed by atoms with van der Waals surface area (Å²) in [5, 5.41) is 5.92. The number of carbonyl (C=O) groups is 1. The molecule has 0 saturated carbocycles. The number of anilines is 1. The third kappa shape index (κ3) is 3.40. The van der Waals surface area contributed by atoms with Crippen LogP contribution in [0.25, 0.3) is 0 Å². The largest absolute Gasteiger partial charge is 0.363 e. The van der Waals surface area contributed by atoms with Crippen molar-refractivity contribution in [1.82, 2.24) is 14.0 Å². The van der Waals surface area contributed by atoms with E-state index in [9.17, 15) is 18.0 Å². The molecule has 2 aromatic heterocycles. The van der Waals surface area contributed by atoms with E-state index < -0.39 is 21.5 Å². The molecule has 10 heteroatoms. The summed E-state index contributed by atoms with van der Waals surface area (Å²) in [6, 6.07) is 3.73. The van der Waals surface area contributed by atoms with Crippen LogP contribution >= 0.6 is 0 Å². The maximum Gasteiger partial charge on any atom is 0.251 e. The first kappa shape index (κ1) is 15.9. The van der Waals surface area contributed by atoms with Crippen molar-refractivity contribution in [2.75, 3.05) is 19.4 Å². The average molecular weight is 326 g/mol. The van der Waals surface area contributed by atoms with Gasteiger partial charge in [0, 0.05) is 32.4 Å². The van der Waals surface area contributed by atoms with Crippen LogP contribution in [0.3, 0.4) is 0 Å². The van der Waals surface area contributed by atoms with E-state index in [-0.39, 0.29) is 17.3 Å². The van der Waals surface area contributed by atoms with Gasteiger partial charge in [-0.1, -0.05) is 5.16 Å². The van der Waals surface area contributed by atoms with Crippen molar-refractivity contribution >= 4 is 21.7 Å². The van der Waals surface area contributed by atoms with Crippen LogP contribution in [-0.2, 0) is 21.4 Å². The second-order valence-corrected chi connectivity index (χ2v) is 6.70. The Labute approximate surface area is 126 Å². The number of nitrogens with one attached hydrogen (secondary N) is 1. The first-order valence-electron chi connectivity index (χ1n) is 6.14. The molecule has 0 bridgehead atoms. The van der Waals surface area contributed by atoms with Crippen molar-refractivity contribution in [2.45, 2.75) is 11.4 Å². The van der Waals surface area contributed by atoms with Crippen molar-refractivity contribution < 1.29 is 17.7 Å². The van der Waals surface area contributed by atoms with E-state index in [2.05, 4.69) is 15.0 Å². The number of pyridine rings is 1. The second-order valence-electron chi connectivity index (χ2n) is 4.55. The van der Waals surface area contributed by atoms with Gasteiger partial charge in [-0.15, -0.1) is 0 Å². The van der Waals surface area contributed by atoms with E-state index in [0.717, 1.165) is 21.1 Å². The molecule has 0 spiro atoms. The zero-order valence-corrected chi connectivity index (χ0v) is 12.7. The normalized spacial score (nSPS) is 11.6. The van der Waals surface area contributed by atoms with Crippen LogP contribution in [0.15, 0.2) is 44.9 Å². The predicted molar refractivity (Wildman–Crippen MR) is 76.7 cm³/mol. The van der Waals surface area contributed by atoms with Crippen LogP contribution in [0, 0.1) is 0 Å². The molecule has 0 aliphatic rings. The van der Waals surface area contributed by atoms with Gasteiger partial charge in [0.2, 0.25) is 15.9 Å². The number of sulfonamides is 1. The van der Waals surface area contributed by atoms with Gasteiger partial charge in [-0.3, -0.25) is 9.59 Å². The molecule has 0 unspecified atom stereocenters. The molecule has 0 aliphatic carbocycles. The standard InChI is InChI=1S/C12H14N4O5S/c1-15(2)22(19,20)9-3-4-12(18)16(7-9)8-11(17)13-10-5-6-21-14-10/h3-7H,8H2,1-2H3,(H,13,14,17). The molecular formula is C12H14N4O5S. The third-order valence-corrected chi connectivity index (χ3v) is 4.55. The van der Waals surface area contributed by atoms with Crippen LogP contribution < -0.4 is 10.9 Å². The minimum absolute atomic E-state index is 0.0775. The second kappa shape index (κ2) is 6.12. The van der Waals surface area contributed by atoms with Crippen LogP contribution in [0.4, 0.5) is 5.82 Å². The molecule has 0 radical (unpaired) electrons. The van der Waals surface area contributed by atoms with Gasteiger partial charge in [0.05, 0.1) is 4.90 Å². The van der Waals surface area contributed by atoms with Crippen LogP contribution in [-0.4, -0.2) is 42.4 Å². The lowest BCUT2D eigenvalue weighted by molar-refractivity contribution is -0.116. The van der Waals surface area contributed by atoms with Gasteiger partial charge in [0.1, 0.15) is 12.8 Å². The van der Waals surface area contributed by atoms with Gasteiger partial charge in [-0.25, -0.2) is 12.7 Å². The quantitative estimate of drug-likeness (QED) is 0.808. The highest BCUT2D eigenvalue weighted by molar-refractivity contribution is 7.89. The summed E-state index contributed by atoms with van der Waals surface area (Å²) in [6.45, 7) is -0.345. The summed E-state index contributed by atoms with van der Waals surface area (Å²) in [5.41, 5.74) is -0.493. The third-order valence-electron chi connectivity index (χ3n) is 2.75. The highest BCUT2D eigenvalue weighted by Crippen LogP contribution is 2.10. The number of hydrogen-bond donors (Lipinski definition) is 1. The molecule has 2 rings (SSSR count). The average Bonchev–Trinajstić information content (AvgIpc) is 2.93. The number of nitrogens with zero attached hydrogens (tertiary/aromatic N) is 3. The molecule has 0 aromatic carbocycles. The monoisotopic (exact) mass is 326 g/mol. The highest BCUT2D eigenvalue weighted by atomic mass is 32.2. The molecule has 0 saturated heterocycles. The minimum atomic E-state index is -3.69. The maximum absolute atomic E-state index is 12.0. The molecule has 2 aromatic rings. The Balaban J connectivity index is 2.24. The fourth-order valence-electron chi connectivity index (χ4n) is 1.61. The summed E-state index contributed by atoms with van der Waals surface area (Å²) in [4.78, 5) is 23.5. The Hall–Kier alpha value is -2.46. The topological polar surface area (TPSA) is 115 Å². The number of carbonyl (C=O) groups excluding carboxylic acids is 1. The van der Waals surface area contributed by atoms with Gasteiger partial charge in [0.25, 0.3) is 5.56 Å². The fourth-order valence-corrected chi connectivity index (χ4v) is 2.53. The molecule has 0 atom stereocenters. The highest BCUT2D eigenvalue weighted by Gasteiger charge is 2.18. The van der Waals surface area contributed by atoms with E-state index in [4.69, 9.17) is 0 Å². The summed E-state index contributed by atoms with van der Waals surface area (Å²) < 4.78 is 30.6. The van der Waals surface area contributed by atoms with E-state index in [1.807, 2.05) is 0 Å². The fraction of sp³-hybridized carbons (Fsp3) is 0.250. The lowest BCUT2D eigenvalue weighted by atomic mass is 10.4. The lowest BCUT2D eigenvalue weighted by Crippen LogP contribution is -2.29. The first-order valence-corrected chi connectivity index (χ1v) is 7.58. The summed E-state index contributed by atoms with van der Waals surface area (Å²) in [6.07, 6.45) is 2.41. The minimum Gasteiger partial charge on any atom is -0.363 e. The predicted octanol–water partition coefficient (Wildman–Crippen LogP) is -0.275. The zero-order valence-electron chi connectivity index (χ0n) is 11.9. The van der Waals surface area contributed by atoms with Crippen molar-refractivity contribution in [3.05, 3.63) is 41.0 Å². The summed E-state index contributed by atoms with van der Waals surface area (Å²) >= 11 is 0. The molecule has 2 heterocycles. The Morgan fingerprint density at radius 2 is 2.09 bits per heavy atom. The van der Waals surface area contributed by atoms with E-state index in [0.29, 0.717) is 0 Å². The molecule has 9 nitrogen and oxygen atoms in total. The Morgan fingerprint density at radius 1 is 1.36 bits per heavy atom. The zero-order chi connectivity index (χ0) is 16.3. The number of aromatic nitrogens is 2. The molecular weight excluding hydrogens is 312 g/mol. The molecule has 0 aliphatic heterocycles. The van der Waals surface area contributed by atoms with Gasteiger partial charge >= 0.3 is 0 Å². The molecule has 1 N–H and O–H groups in total. The van der Waals surface area contributed by atoms with Gasteiger partial charge in [0.15, 0.2) is 5.82 Å². The summed E-state index contributed by atoms with van der Waals surface area (Å²) in [5.74, 6) is -0.328. The van der Waals surface area contributed by atoms with Gasteiger partial charge < -0.3 is 14.4 Å². The van der Waals surface area contributed by atoms with Crippen LogP contribution in [0.5, 0.6) is 0 Å². The number of rotatable bonds is 5. The van der Waals surface area contributed by atoms with Crippen LogP contribution in [0.2, 0.25) is 0 Å². The Bertz CT molecular complexity index is 823. The van der Waals surface area contributed by atoms with Gasteiger partial charge in [-0.2, -0.15) is 0 Å². The van der Waals surface area contributed by atoms with Crippen LogP contribution in [0.1, 0.15) is 0 Å². The van der Waals surface area contributed by atoms with Crippen molar-refractivity contribution in [3.8, 4) is 0 Å². The first-order chi connectivity index (χ1) is 10.3. The number of hydrogen-bond acceptors (Lipinski definition) is 6. The Kier molecular flexibility index (Phi) is 4.43. The smallest absolute Gasteiger partial charge is 0.251 e. The van der Waals surface area contributed by atoms with E-state index >= 15 is 0 Å². The molecule has 0 fully saturated rings. The molecule has 1 amide bonds. The lowest BCUT2D eigenvalue weighted by Gasteiger charge is -2.13. The molecule has 22 heavy (non-hydrogen) atoms. The number of amides is 1. The van der Waals surface area contributed by atoms with Crippen molar-refractivity contribution in [2.24, 2.45) is 0 Å². The SMILES string of the molecule is CN(C)S(=O)(=O)c1ccc(=O)n(CC(=O)Nc2ccon2)c1. The van der Waals surface area contributed by atoms with E-state index in [1.54, 1.807) is 0 Å². The Morgan fingerprint density at radius 3 is 2.68 bits per heavy atom. The van der Waals surface area contributed by atoms with E-state index in [1.165, 1.54) is 32.5 Å². The molecule has 118 valence electrons. The van der Waals surface area contributed by atoms with Crippen molar-refractivity contribution in [3.63, 3.8) is 0 Å².